The van der Waals surface area contributed by atoms with Crippen LogP contribution in [0, 0.1) is 11.8 Å². The normalized spacial score (nSPS) is 27.9. The lowest BCUT2D eigenvalue weighted by atomic mass is 9.78. The maximum Gasteiger partial charge on any atom is 0.222 e. The number of carbonyl (C=O) groups is 1. The van der Waals surface area contributed by atoms with E-state index in [4.69, 9.17) is 5.73 Å². The fourth-order valence-corrected chi connectivity index (χ4v) is 3.68. The molecule has 142 valence electrons. The Labute approximate surface area is 162 Å². The van der Waals surface area contributed by atoms with Crippen molar-refractivity contribution >= 4 is 36.5 Å². The summed E-state index contributed by atoms with van der Waals surface area (Å²) >= 11 is 0. The zero-order chi connectivity index (χ0) is 16.2. The first-order chi connectivity index (χ1) is 11.2. The van der Waals surface area contributed by atoms with Gasteiger partial charge in [0.05, 0.1) is 0 Å². The Hall–Kier alpha value is -1.11. The topological polar surface area (TPSA) is 92.9 Å². The maximum atomic E-state index is 11.7. The molecule has 2 saturated carbocycles. The Balaban J connectivity index is 0.00000156. The van der Waals surface area contributed by atoms with Crippen molar-refractivity contribution in [2.24, 2.45) is 17.6 Å². The van der Waals surface area contributed by atoms with Crippen molar-refractivity contribution < 1.29 is 4.79 Å². The summed E-state index contributed by atoms with van der Waals surface area (Å²) in [6.07, 6.45) is 7.87. The highest BCUT2D eigenvalue weighted by Gasteiger charge is 2.29. The van der Waals surface area contributed by atoms with Crippen LogP contribution in [0.15, 0.2) is 12.4 Å². The molecule has 6 nitrogen and oxygen atoms in total. The quantitative estimate of drug-likeness (QED) is 0.718. The molecule has 2 aliphatic rings. The Morgan fingerprint density at radius 1 is 1.20 bits per heavy atom. The van der Waals surface area contributed by atoms with Gasteiger partial charge in [-0.15, -0.1) is 24.8 Å². The molecule has 0 unspecified atom stereocenters. The SMILES string of the molecule is CNC(=O)C1CCC(CNc2cc(C3CC(N)C3)ncn2)CC1.Cl.Cl. The second-order valence-electron chi connectivity index (χ2n) is 6.97. The number of nitrogens with one attached hydrogen (secondary N) is 2. The van der Waals surface area contributed by atoms with Crippen molar-refractivity contribution in [3.63, 3.8) is 0 Å². The minimum absolute atomic E-state index is 0. The van der Waals surface area contributed by atoms with Crippen molar-refractivity contribution in [3.05, 3.63) is 18.1 Å². The predicted octanol–water partition coefficient (Wildman–Crippen LogP) is 2.49. The molecule has 8 heteroatoms. The number of anilines is 1. The third-order valence-corrected chi connectivity index (χ3v) is 5.32. The van der Waals surface area contributed by atoms with E-state index in [-0.39, 0.29) is 36.6 Å². The van der Waals surface area contributed by atoms with Crippen LogP contribution >= 0.6 is 24.8 Å². The minimum Gasteiger partial charge on any atom is -0.370 e. The molecule has 0 aromatic carbocycles. The highest BCUT2D eigenvalue weighted by atomic mass is 35.5. The molecule has 0 radical (unpaired) electrons. The Bertz CT molecular complexity index is 546. The second kappa shape index (κ2) is 10.1. The summed E-state index contributed by atoms with van der Waals surface area (Å²) < 4.78 is 0. The number of aromatic nitrogens is 2. The Morgan fingerprint density at radius 3 is 2.48 bits per heavy atom. The molecular weight excluding hydrogens is 361 g/mol. The largest absolute Gasteiger partial charge is 0.370 e. The molecule has 4 N–H and O–H groups in total. The average molecular weight is 390 g/mol. The van der Waals surface area contributed by atoms with Crippen LogP contribution in [0.4, 0.5) is 5.82 Å². The number of carbonyl (C=O) groups excluding carboxylic acids is 1. The van der Waals surface area contributed by atoms with Gasteiger partial charge in [0.2, 0.25) is 5.91 Å². The zero-order valence-electron chi connectivity index (χ0n) is 14.6. The number of halogens is 2. The van der Waals surface area contributed by atoms with E-state index in [1.807, 2.05) is 0 Å². The Morgan fingerprint density at radius 2 is 1.88 bits per heavy atom. The van der Waals surface area contributed by atoms with Gasteiger partial charge in [0.15, 0.2) is 0 Å². The summed E-state index contributed by atoms with van der Waals surface area (Å²) in [7, 11) is 1.72. The number of hydrogen-bond donors (Lipinski definition) is 3. The predicted molar refractivity (Wildman–Crippen MR) is 104 cm³/mol. The van der Waals surface area contributed by atoms with Crippen LogP contribution in [0.1, 0.15) is 50.1 Å². The van der Waals surface area contributed by atoms with Crippen LogP contribution < -0.4 is 16.4 Å². The summed E-state index contributed by atoms with van der Waals surface area (Å²) in [4.78, 5) is 20.4. The van der Waals surface area contributed by atoms with Crippen LogP contribution in [-0.4, -0.2) is 35.5 Å². The molecule has 0 aliphatic heterocycles. The molecule has 1 aromatic heterocycles. The van der Waals surface area contributed by atoms with Crippen LogP contribution in [0.5, 0.6) is 0 Å². The van der Waals surface area contributed by atoms with Gasteiger partial charge in [0.25, 0.3) is 0 Å². The van der Waals surface area contributed by atoms with E-state index >= 15 is 0 Å². The number of hydrogen-bond acceptors (Lipinski definition) is 5. The van der Waals surface area contributed by atoms with Gasteiger partial charge in [-0.1, -0.05) is 0 Å². The highest BCUT2D eigenvalue weighted by Crippen LogP contribution is 2.35. The van der Waals surface area contributed by atoms with E-state index in [9.17, 15) is 4.79 Å². The van der Waals surface area contributed by atoms with E-state index in [1.165, 1.54) is 0 Å². The molecule has 1 heterocycles. The number of rotatable bonds is 5. The number of nitrogens with zero attached hydrogens (tertiary/aromatic N) is 2. The molecule has 2 aliphatic carbocycles. The van der Waals surface area contributed by atoms with Gasteiger partial charge in [-0.3, -0.25) is 4.79 Å². The van der Waals surface area contributed by atoms with E-state index < -0.39 is 0 Å². The first kappa shape index (κ1) is 21.9. The molecule has 1 amide bonds. The average Bonchev–Trinajstić information content (AvgIpc) is 2.57. The molecule has 0 spiro atoms. The first-order valence-corrected chi connectivity index (χ1v) is 8.68. The van der Waals surface area contributed by atoms with Crippen LogP contribution in [0.3, 0.4) is 0 Å². The standard InChI is InChI=1S/C17H27N5O.2ClH/c1-19-17(23)12-4-2-11(3-5-12)9-20-16-8-15(21-10-22-16)13-6-14(18)7-13;;/h8,10-14H,2-7,9,18H2,1H3,(H,19,23)(H,20,21,22);2*1H. The minimum atomic E-state index is 0. The van der Waals surface area contributed by atoms with Gasteiger partial charge < -0.3 is 16.4 Å². The fourth-order valence-electron chi connectivity index (χ4n) is 3.68. The summed E-state index contributed by atoms with van der Waals surface area (Å²) in [5, 5.41) is 6.20. The molecule has 0 atom stereocenters. The summed E-state index contributed by atoms with van der Waals surface area (Å²) in [6.45, 7) is 0.918. The molecular formula is C17H29Cl2N5O. The molecule has 25 heavy (non-hydrogen) atoms. The zero-order valence-corrected chi connectivity index (χ0v) is 16.2. The smallest absolute Gasteiger partial charge is 0.222 e. The summed E-state index contributed by atoms with van der Waals surface area (Å²) in [5.74, 6) is 2.41. The first-order valence-electron chi connectivity index (χ1n) is 8.68. The monoisotopic (exact) mass is 389 g/mol. The summed E-state index contributed by atoms with van der Waals surface area (Å²) in [5.41, 5.74) is 6.96. The molecule has 0 saturated heterocycles. The van der Waals surface area contributed by atoms with E-state index in [0.717, 1.165) is 56.6 Å². The number of amides is 1. The van der Waals surface area contributed by atoms with Crippen molar-refractivity contribution in [2.75, 3.05) is 18.9 Å². The van der Waals surface area contributed by atoms with Gasteiger partial charge >= 0.3 is 0 Å². The van der Waals surface area contributed by atoms with Crippen molar-refractivity contribution in [1.82, 2.24) is 15.3 Å². The van der Waals surface area contributed by atoms with Crippen LogP contribution in [-0.2, 0) is 4.79 Å². The lowest BCUT2D eigenvalue weighted by Crippen LogP contribution is -2.35. The Kier molecular flexibility index (Phi) is 8.89. The molecule has 3 rings (SSSR count). The van der Waals surface area contributed by atoms with Gasteiger partial charge in [-0.25, -0.2) is 9.97 Å². The molecule has 1 aromatic rings. The third-order valence-electron chi connectivity index (χ3n) is 5.32. The molecule has 2 fully saturated rings. The van der Waals surface area contributed by atoms with Crippen molar-refractivity contribution in [2.45, 2.75) is 50.5 Å². The van der Waals surface area contributed by atoms with E-state index in [0.29, 0.717) is 17.9 Å². The van der Waals surface area contributed by atoms with Crippen LogP contribution in [0.2, 0.25) is 0 Å². The molecule has 0 bridgehead atoms. The lowest BCUT2D eigenvalue weighted by molar-refractivity contribution is -0.125. The summed E-state index contributed by atoms with van der Waals surface area (Å²) in [6, 6.07) is 2.40. The highest BCUT2D eigenvalue weighted by molar-refractivity contribution is 5.85. The van der Waals surface area contributed by atoms with Gasteiger partial charge in [0.1, 0.15) is 12.1 Å². The van der Waals surface area contributed by atoms with Gasteiger partial charge in [-0.05, 0) is 44.4 Å². The lowest BCUT2D eigenvalue weighted by Gasteiger charge is -2.32. The maximum absolute atomic E-state index is 11.7. The fraction of sp³-hybridized carbons (Fsp3) is 0.706. The second-order valence-corrected chi connectivity index (χ2v) is 6.97. The number of nitrogens with two attached hydrogens (primary N) is 1. The van der Waals surface area contributed by atoms with E-state index in [2.05, 4.69) is 26.7 Å². The van der Waals surface area contributed by atoms with Gasteiger partial charge in [0, 0.05) is 43.2 Å². The van der Waals surface area contributed by atoms with Crippen molar-refractivity contribution in [3.8, 4) is 0 Å². The van der Waals surface area contributed by atoms with Gasteiger partial charge in [-0.2, -0.15) is 0 Å². The van der Waals surface area contributed by atoms with Crippen molar-refractivity contribution in [1.29, 1.82) is 0 Å². The third kappa shape index (κ3) is 5.69. The van der Waals surface area contributed by atoms with E-state index in [1.54, 1.807) is 13.4 Å². The van der Waals surface area contributed by atoms with Crippen LogP contribution in [0.25, 0.3) is 0 Å².